The standard InChI is InChI=1S/C12H15BrN4O2/c1-17-7-15-11(16-17)6-14-5-8-3-9(13)12(18)10(4-8)19-2/h3-4,7,14,18H,5-6H2,1-2H3. The Labute approximate surface area is 119 Å². The van der Waals surface area contributed by atoms with Crippen LogP contribution in [0.5, 0.6) is 11.5 Å². The summed E-state index contributed by atoms with van der Waals surface area (Å²) >= 11 is 3.29. The lowest BCUT2D eigenvalue weighted by molar-refractivity contribution is 0.371. The van der Waals surface area contributed by atoms with Gasteiger partial charge in [0.05, 0.1) is 18.1 Å². The van der Waals surface area contributed by atoms with Crippen molar-refractivity contribution in [2.45, 2.75) is 13.1 Å². The van der Waals surface area contributed by atoms with Crippen molar-refractivity contribution in [1.82, 2.24) is 20.1 Å². The number of aromatic hydroxyl groups is 1. The van der Waals surface area contributed by atoms with Gasteiger partial charge in [0.25, 0.3) is 0 Å². The number of halogens is 1. The molecule has 2 aromatic rings. The fourth-order valence-corrected chi connectivity index (χ4v) is 2.16. The lowest BCUT2D eigenvalue weighted by Crippen LogP contribution is -2.14. The molecule has 0 aliphatic heterocycles. The molecule has 1 aromatic heterocycles. The van der Waals surface area contributed by atoms with Gasteiger partial charge >= 0.3 is 0 Å². The highest BCUT2D eigenvalue weighted by Gasteiger charge is 2.08. The maximum absolute atomic E-state index is 9.71. The lowest BCUT2D eigenvalue weighted by Gasteiger charge is -2.09. The van der Waals surface area contributed by atoms with Crippen LogP contribution in [0, 0.1) is 0 Å². The van der Waals surface area contributed by atoms with Crippen LogP contribution in [0.3, 0.4) is 0 Å². The van der Waals surface area contributed by atoms with Gasteiger partial charge in [-0.2, -0.15) is 5.10 Å². The number of hydrogen-bond acceptors (Lipinski definition) is 5. The molecule has 7 heteroatoms. The SMILES string of the molecule is COc1cc(CNCc2ncn(C)n2)cc(Br)c1O. The molecular formula is C12H15BrN4O2. The molecule has 0 saturated heterocycles. The second kappa shape index (κ2) is 6.03. The molecule has 0 saturated carbocycles. The first-order chi connectivity index (χ1) is 9.10. The van der Waals surface area contributed by atoms with Crippen LogP contribution >= 0.6 is 15.9 Å². The van der Waals surface area contributed by atoms with Crippen LogP contribution in [0.1, 0.15) is 11.4 Å². The molecule has 0 fully saturated rings. The smallest absolute Gasteiger partial charge is 0.172 e. The second-order valence-corrected chi connectivity index (χ2v) is 4.92. The highest BCUT2D eigenvalue weighted by molar-refractivity contribution is 9.10. The number of phenolic OH excluding ortho intramolecular Hbond substituents is 1. The fourth-order valence-electron chi connectivity index (χ4n) is 1.67. The zero-order valence-electron chi connectivity index (χ0n) is 10.7. The van der Waals surface area contributed by atoms with Crippen molar-refractivity contribution < 1.29 is 9.84 Å². The van der Waals surface area contributed by atoms with Crippen LogP contribution in [0.4, 0.5) is 0 Å². The Kier molecular flexibility index (Phi) is 4.39. The molecule has 6 nitrogen and oxygen atoms in total. The summed E-state index contributed by atoms with van der Waals surface area (Å²) in [6.07, 6.45) is 1.66. The second-order valence-electron chi connectivity index (χ2n) is 4.07. The maximum atomic E-state index is 9.71. The van der Waals surface area contributed by atoms with Gasteiger partial charge in [0.1, 0.15) is 6.33 Å². The van der Waals surface area contributed by atoms with E-state index in [1.807, 2.05) is 13.1 Å². The van der Waals surface area contributed by atoms with Crippen molar-refractivity contribution in [2.75, 3.05) is 7.11 Å². The number of methoxy groups -OCH3 is 1. The van der Waals surface area contributed by atoms with Crippen molar-refractivity contribution in [3.05, 3.63) is 34.3 Å². The van der Waals surface area contributed by atoms with Crippen LogP contribution in [0.25, 0.3) is 0 Å². The minimum Gasteiger partial charge on any atom is -0.503 e. The monoisotopic (exact) mass is 326 g/mol. The van der Waals surface area contributed by atoms with Crippen LogP contribution < -0.4 is 10.1 Å². The summed E-state index contributed by atoms with van der Waals surface area (Å²) in [6, 6.07) is 3.63. The summed E-state index contributed by atoms with van der Waals surface area (Å²) in [6.45, 7) is 1.22. The van der Waals surface area contributed by atoms with Gasteiger partial charge in [0, 0.05) is 13.6 Å². The van der Waals surface area contributed by atoms with Gasteiger partial charge < -0.3 is 15.2 Å². The molecule has 0 aliphatic rings. The zero-order valence-corrected chi connectivity index (χ0v) is 12.3. The van der Waals surface area contributed by atoms with Gasteiger partial charge in [0.15, 0.2) is 17.3 Å². The summed E-state index contributed by atoms with van der Waals surface area (Å²) < 4.78 is 7.37. The quantitative estimate of drug-likeness (QED) is 0.872. The third kappa shape index (κ3) is 3.45. The van der Waals surface area contributed by atoms with Crippen LogP contribution in [-0.2, 0) is 20.1 Å². The van der Waals surface area contributed by atoms with Crippen LogP contribution in [-0.4, -0.2) is 27.0 Å². The van der Waals surface area contributed by atoms with Gasteiger partial charge in [-0.05, 0) is 33.6 Å². The number of aryl methyl sites for hydroxylation is 1. The molecule has 19 heavy (non-hydrogen) atoms. The number of nitrogens with one attached hydrogen (secondary N) is 1. The Morgan fingerprint density at radius 3 is 2.84 bits per heavy atom. The predicted molar refractivity (Wildman–Crippen MR) is 73.9 cm³/mol. The molecule has 1 aromatic carbocycles. The fraction of sp³-hybridized carbons (Fsp3) is 0.333. The molecular weight excluding hydrogens is 312 g/mol. The number of nitrogens with zero attached hydrogens (tertiary/aromatic N) is 3. The average molecular weight is 327 g/mol. The molecule has 0 bridgehead atoms. The molecule has 1 heterocycles. The van der Waals surface area contributed by atoms with E-state index in [1.165, 1.54) is 7.11 Å². The van der Waals surface area contributed by atoms with Gasteiger partial charge in [-0.3, -0.25) is 4.68 Å². The van der Waals surface area contributed by atoms with Gasteiger partial charge in [-0.25, -0.2) is 4.98 Å². The molecule has 102 valence electrons. The number of phenols is 1. The Bertz CT molecular complexity index is 571. The van der Waals surface area contributed by atoms with Crippen molar-refractivity contribution in [2.24, 2.45) is 7.05 Å². The first-order valence-electron chi connectivity index (χ1n) is 5.70. The minimum atomic E-state index is 0.109. The van der Waals surface area contributed by atoms with Gasteiger partial charge in [-0.15, -0.1) is 0 Å². The van der Waals surface area contributed by atoms with E-state index >= 15 is 0 Å². The highest BCUT2D eigenvalue weighted by Crippen LogP contribution is 2.35. The molecule has 0 atom stereocenters. The number of ether oxygens (including phenoxy) is 1. The predicted octanol–water partition coefficient (Wildman–Crippen LogP) is 1.58. The number of benzene rings is 1. The molecule has 0 amide bonds. The van der Waals surface area contributed by atoms with E-state index in [0.29, 0.717) is 23.3 Å². The number of hydrogen-bond donors (Lipinski definition) is 2. The molecule has 0 unspecified atom stereocenters. The third-order valence-corrected chi connectivity index (χ3v) is 3.17. The summed E-state index contributed by atoms with van der Waals surface area (Å²) in [4.78, 5) is 4.13. The van der Waals surface area contributed by atoms with Crippen molar-refractivity contribution >= 4 is 15.9 Å². The van der Waals surface area contributed by atoms with E-state index in [9.17, 15) is 5.11 Å². The summed E-state index contributed by atoms with van der Waals surface area (Å²) in [7, 11) is 3.36. The van der Waals surface area contributed by atoms with E-state index in [0.717, 1.165) is 11.4 Å². The van der Waals surface area contributed by atoms with E-state index in [1.54, 1.807) is 17.1 Å². The summed E-state index contributed by atoms with van der Waals surface area (Å²) in [5, 5.41) is 17.1. The topological polar surface area (TPSA) is 72.2 Å². The number of aromatic nitrogens is 3. The first-order valence-corrected chi connectivity index (χ1v) is 6.50. The van der Waals surface area contributed by atoms with Crippen LogP contribution in [0.15, 0.2) is 22.9 Å². The van der Waals surface area contributed by atoms with Crippen molar-refractivity contribution in [3.63, 3.8) is 0 Å². The Morgan fingerprint density at radius 2 is 2.21 bits per heavy atom. The average Bonchev–Trinajstić information content (AvgIpc) is 2.79. The molecule has 2 rings (SSSR count). The molecule has 0 spiro atoms. The van der Waals surface area contributed by atoms with E-state index in [-0.39, 0.29) is 5.75 Å². The lowest BCUT2D eigenvalue weighted by atomic mass is 10.2. The molecule has 2 N–H and O–H groups in total. The Morgan fingerprint density at radius 1 is 1.42 bits per heavy atom. The van der Waals surface area contributed by atoms with Crippen molar-refractivity contribution in [3.8, 4) is 11.5 Å². The van der Waals surface area contributed by atoms with Gasteiger partial charge in [-0.1, -0.05) is 0 Å². The highest BCUT2D eigenvalue weighted by atomic mass is 79.9. The zero-order chi connectivity index (χ0) is 13.8. The van der Waals surface area contributed by atoms with Crippen molar-refractivity contribution in [1.29, 1.82) is 0 Å². The largest absolute Gasteiger partial charge is 0.503 e. The number of rotatable bonds is 5. The van der Waals surface area contributed by atoms with E-state index in [2.05, 4.69) is 31.3 Å². The van der Waals surface area contributed by atoms with E-state index < -0.39 is 0 Å². The third-order valence-electron chi connectivity index (χ3n) is 2.57. The first kappa shape index (κ1) is 13.8. The molecule has 0 radical (unpaired) electrons. The Hall–Kier alpha value is -1.60. The van der Waals surface area contributed by atoms with Crippen LogP contribution in [0.2, 0.25) is 0 Å². The normalized spacial score (nSPS) is 10.7. The van der Waals surface area contributed by atoms with Gasteiger partial charge in [0.2, 0.25) is 0 Å². The van der Waals surface area contributed by atoms with E-state index in [4.69, 9.17) is 4.74 Å². The minimum absolute atomic E-state index is 0.109. The Balaban J connectivity index is 1.98. The maximum Gasteiger partial charge on any atom is 0.172 e. The molecule has 0 aliphatic carbocycles. The summed E-state index contributed by atoms with van der Waals surface area (Å²) in [5.41, 5.74) is 0.998. The summed E-state index contributed by atoms with van der Waals surface area (Å²) in [5.74, 6) is 1.30.